The standard InChI is InChI=1S/C20H31N3O3S/c1-21(2)18-9-11-19(12-10-18)27(25,26)23-15-7-8-17(16-23)20(24)22-13-5-3-4-6-14-22/h9-12,17H,3-8,13-16H2,1-2H3/t17-/m1/s1. The Kier molecular flexibility index (Phi) is 6.42. The van der Waals surface area contributed by atoms with Crippen LogP contribution in [0.4, 0.5) is 5.69 Å². The number of rotatable bonds is 4. The zero-order chi connectivity index (χ0) is 19.4. The molecule has 6 nitrogen and oxygen atoms in total. The van der Waals surface area contributed by atoms with Crippen LogP contribution in [0.3, 0.4) is 0 Å². The summed E-state index contributed by atoms with van der Waals surface area (Å²) in [6, 6.07) is 6.95. The van der Waals surface area contributed by atoms with Crippen LogP contribution in [0.15, 0.2) is 29.2 Å². The zero-order valence-electron chi connectivity index (χ0n) is 16.4. The molecular formula is C20H31N3O3S. The molecule has 2 aliphatic heterocycles. The molecule has 1 aromatic carbocycles. The summed E-state index contributed by atoms with van der Waals surface area (Å²) in [4.78, 5) is 17.1. The van der Waals surface area contributed by atoms with E-state index in [9.17, 15) is 13.2 Å². The van der Waals surface area contributed by atoms with E-state index in [0.29, 0.717) is 18.0 Å². The maximum atomic E-state index is 13.1. The Labute approximate surface area is 163 Å². The Morgan fingerprint density at radius 1 is 0.963 bits per heavy atom. The fraction of sp³-hybridized carbons (Fsp3) is 0.650. The second kappa shape index (κ2) is 8.61. The highest BCUT2D eigenvalue weighted by Crippen LogP contribution is 2.27. The maximum Gasteiger partial charge on any atom is 0.243 e. The molecule has 2 saturated heterocycles. The molecule has 0 N–H and O–H groups in total. The fourth-order valence-corrected chi connectivity index (χ4v) is 5.50. The van der Waals surface area contributed by atoms with Gasteiger partial charge in [0.2, 0.25) is 15.9 Å². The summed E-state index contributed by atoms with van der Waals surface area (Å²) < 4.78 is 27.6. The molecule has 0 radical (unpaired) electrons. The summed E-state index contributed by atoms with van der Waals surface area (Å²) in [5.41, 5.74) is 0.960. The van der Waals surface area contributed by atoms with Gasteiger partial charge < -0.3 is 9.80 Å². The third kappa shape index (κ3) is 4.63. The highest BCUT2D eigenvalue weighted by Gasteiger charge is 2.35. The number of sulfonamides is 1. The van der Waals surface area contributed by atoms with Crippen molar-refractivity contribution in [3.8, 4) is 0 Å². The first-order valence-corrected chi connectivity index (χ1v) is 11.4. The number of carbonyl (C=O) groups is 1. The van der Waals surface area contributed by atoms with Gasteiger partial charge in [-0.1, -0.05) is 12.8 Å². The number of amides is 1. The summed E-state index contributed by atoms with van der Waals surface area (Å²) in [6.45, 7) is 2.41. The van der Waals surface area contributed by atoms with Crippen LogP contribution in [0.1, 0.15) is 38.5 Å². The SMILES string of the molecule is CN(C)c1ccc(S(=O)(=O)N2CCC[C@@H](C(=O)N3CCCCCC3)C2)cc1. The summed E-state index contributed by atoms with van der Waals surface area (Å²) in [7, 11) is 0.283. The van der Waals surface area contributed by atoms with Crippen molar-refractivity contribution in [2.24, 2.45) is 5.92 Å². The second-order valence-corrected chi connectivity index (χ2v) is 9.77. The van der Waals surface area contributed by atoms with Crippen LogP contribution in [-0.4, -0.2) is 63.8 Å². The molecule has 27 heavy (non-hydrogen) atoms. The number of carbonyl (C=O) groups excluding carboxylic acids is 1. The molecule has 1 amide bonds. The Morgan fingerprint density at radius 3 is 2.19 bits per heavy atom. The molecule has 1 atom stereocenters. The van der Waals surface area contributed by atoms with Gasteiger partial charge in [0.25, 0.3) is 0 Å². The number of nitrogens with zero attached hydrogens (tertiary/aromatic N) is 3. The molecule has 0 bridgehead atoms. The third-order valence-electron chi connectivity index (χ3n) is 5.64. The van der Waals surface area contributed by atoms with E-state index >= 15 is 0 Å². The first-order chi connectivity index (χ1) is 12.9. The van der Waals surface area contributed by atoms with Gasteiger partial charge in [-0.3, -0.25) is 4.79 Å². The molecule has 2 heterocycles. The van der Waals surface area contributed by atoms with Gasteiger partial charge in [0.05, 0.1) is 10.8 Å². The van der Waals surface area contributed by atoms with E-state index in [1.807, 2.05) is 36.0 Å². The highest BCUT2D eigenvalue weighted by molar-refractivity contribution is 7.89. The van der Waals surface area contributed by atoms with E-state index in [1.165, 1.54) is 17.1 Å². The lowest BCUT2D eigenvalue weighted by molar-refractivity contribution is -0.136. The number of anilines is 1. The molecule has 1 aromatic rings. The van der Waals surface area contributed by atoms with Crippen LogP contribution in [0, 0.1) is 5.92 Å². The van der Waals surface area contributed by atoms with Gasteiger partial charge in [0.15, 0.2) is 0 Å². The van der Waals surface area contributed by atoms with E-state index in [2.05, 4.69) is 0 Å². The minimum Gasteiger partial charge on any atom is -0.378 e. The minimum absolute atomic E-state index is 0.139. The molecule has 0 aliphatic carbocycles. The average molecular weight is 394 g/mol. The number of likely N-dealkylation sites (tertiary alicyclic amines) is 1. The van der Waals surface area contributed by atoms with Crippen molar-refractivity contribution < 1.29 is 13.2 Å². The lowest BCUT2D eigenvalue weighted by Gasteiger charge is -2.34. The first kappa shape index (κ1) is 20.1. The van der Waals surface area contributed by atoms with Crippen molar-refractivity contribution in [2.45, 2.75) is 43.4 Å². The molecule has 2 fully saturated rings. The van der Waals surface area contributed by atoms with E-state index in [-0.39, 0.29) is 11.8 Å². The van der Waals surface area contributed by atoms with Crippen LogP contribution in [0.25, 0.3) is 0 Å². The van der Waals surface area contributed by atoms with Gasteiger partial charge in [-0.05, 0) is 49.9 Å². The predicted octanol–water partition coefficient (Wildman–Crippen LogP) is 2.56. The fourth-order valence-electron chi connectivity index (χ4n) is 3.98. The molecule has 0 aromatic heterocycles. The predicted molar refractivity (Wildman–Crippen MR) is 107 cm³/mol. The van der Waals surface area contributed by atoms with Gasteiger partial charge in [-0.25, -0.2) is 8.42 Å². The molecule has 2 aliphatic rings. The van der Waals surface area contributed by atoms with Gasteiger partial charge >= 0.3 is 0 Å². The van der Waals surface area contributed by atoms with Crippen molar-refractivity contribution in [2.75, 3.05) is 45.2 Å². The summed E-state index contributed by atoms with van der Waals surface area (Å²) in [6.07, 6.45) is 5.98. The Bertz CT molecular complexity index is 738. The lowest BCUT2D eigenvalue weighted by Crippen LogP contribution is -2.46. The lowest BCUT2D eigenvalue weighted by atomic mass is 9.98. The molecular weight excluding hydrogens is 362 g/mol. The molecule has 0 spiro atoms. The van der Waals surface area contributed by atoms with Gasteiger partial charge in [-0.15, -0.1) is 0 Å². The topological polar surface area (TPSA) is 60.9 Å². The first-order valence-electron chi connectivity index (χ1n) is 9.96. The monoisotopic (exact) mass is 393 g/mol. The number of hydrogen-bond donors (Lipinski definition) is 0. The number of benzene rings is 1. The quantitative estimate of drug-likeness (QED) is 0.789. The summed E-state index contributed by atoms with van der Waals surface area (Å²) >= 11 is 0. The van der Waals surface area contributed by atoms with E-state index in [0.717, 1.165) is 44.5 Å². The third-order valence-corrected chi connectivity index (χ3v) is 7.52. The van der Waals surface area contributed by atoms with Crippen molar-refractivity contribution in [3.63, 3.8) is 0 Å². The van der Waals surface area contributed by atoms with Crippen LogP contribution in [0.2, 0.25) is 0 Å². The smallest absolute Gasteiger partial charge is 0.243 e. The van der Waals surface area contributed by atoms with Crippen molar-refractivity contribution >= 4 is 21.6 Å². The largest absolute Gasteiger partial charge is 0.378 e. The molecule has 150 valence electrons. The van der Waals surface area contributed by atoms with E-state index in [4.69, 9.17) is 0 Å². The van der Waals surface area contributed by atoms with Crippen LogP contribution < -0.4 is 4.90 Å². The summed E-state index contributed by atoms with van der Waals surface area (Å²) in [5, 5.41) is 0. The molecule has 0 saturated carbocycles. The average Bonchev–Trinajstić information content (AvgIpc) is 2.97. The zero-order valence-corrected chi connectivity index (χ0v) is 17.2. The Morgan fingerprint density at radius 2 is 1.59 bits per heavy atom. The second-order valence-electron chi connectivity index (χ2n) is 7.83. The highest BCUT2D eigenvalue weighted by atomic mass is 32.2. The van der Waals surface area contributed by atoms with Crippen LogP contribution in [-0.2, 0) is 14.8 Å². The minimum atomic E-state index is -3.56. The normalized spacial score (nSPS) is 22.3. The molecule has 7 heteroatoms. The molecule has 3 rings (SSSR count). The van der Waals surface area contributed by atoms with Crippen molar-refractivity contribution in [1.82, 2.24) is 9.21 Å². The summed E-state index contributed by atoms with van der Waals surface area (Å²) in [5.74, 6) is -0.0765. The Hall–Kier alpha value is -1.60. The van der Waals surface area contributed by atoms with Gasteiger partial charge in [0, 0.05) is 46.0 Å². The van der Waals surface area contributed by atoms with Gasteiger partial charge in [-0.2, -0.15) is 4.31 Å². The van der Waals surface area contributed by atoms with E-state index < -0.39 is 10.0 Å². The van der Waals surface area contributed by atoms with Crippen molar-refractivity contribution in [3.05, 3.63) is 24.3 Å². The number of hydrogen-bond acceptors (Lipinski definition) is 4. The van der Waals surface area contributed by atoms with Crippen molar-refractivity contribution in [1.29, 1.82) is 0 Å². The van der Waals surface area contributed by atoms with E-state index in [1.54, 1.807) is 12.1 Å². The van der Waals surface area contributed by atoms with Crippen LogP contribution >= 0.6 is 0 Å². The van der Waals surface area contributed by atoms with Gasteiger partial charge in [0.1, 0.15) is 0 Å². The molecule has 0 unspecified atom stereocenters. The number of piperidine rings is 1. The van der Waals surface area contributed by atoms with Crippen LogP contribution in [0.5, 0.6) is 0 Å². The maximum absolute atomic E-state index is 13.1. The Balaban J connectivity index is 1.71.